The number of aliphatic imine (C=N–C) groups is 1. The van der Waals surface area contributed by atoms with Crippen molar-refractivity contribution in [1.82, 2.24) is 15.2 Å². The third kappa shape index (κ3) is 8.88. The van der Waals surface area contributed by atoms with Gasteiger partial charge >= 0.3 is 0 Å². The summed E-state index contributed by atoms with van der Waals surface area (Å²) in [6.07, 6.45) is 8.05. The molecule has 1 aromatic rings. The molecule has 1 N–H and O–H groups in total. The maximum absolute atomic E-state index is 13.6. The second-order valence-corrected chi connectivity index (χ2v) is 5.16. The highest BCUT2D eigenvalue weighted by Gasteiger charge is 2.07. The Kier molecular flexibility index (Phi) is 12.6. The van der Waals surface area contributed by atoms with E-state index >= 15 is 0 Å². The fourth-order valence-electron chi connectivity index (χ4n) is 2.07. The van der Waals surface area contributed by atoms with Gasteiger partial charge in [0.1, 0.15) is 5.82 Å². The highest BCUT2D eigenvalue weighted by atomic mass is 127. The van der Waals surface area contributed by atoms with Crippen molar-refractivity contribution in [2.45, 2.75) is 39.2 Å². The van der Waals surface area contributed by atoms with E-state index < -0.39 is 0 Å². The van der Waals surface area contributed by atoms with Gasteiger partial charge in [-0.25, -0.2) is 9.38 Å². The average molecular weight is 434 g/mol. The van der Waals surface area contributed by atoms with Gasteiger partial charge < -0.3 is 10.2 Å². The van der Waals surface area contributed by atoms with Crippen LogP contribution in [0.4, 0.5) is 4.39 Å². The second-order valence-electron chi connectivity index (χ2n) is 5.16. The third-order valence-electron chi connectivity index (χ3n) is 3.31. The predicted molar refractivity (Wildman–Crippen MR) is 106 cm³/mol. The zero-order valence-corrected chi connectivity index (χ0v) is 16.4. The normalized spacial score (nSPS) is 10.8. The van der Waals surface area contributed by atoms with Crippen LogP contribution in [-0.2, 0) is 6.54 Å². The van der Waals surface area contributed by atoms with E-state index in [9.17, 15) is 4.39 Å². The Hall–Kier alpha value is -1.18. The first kappa shape index (κ1) is 21.8. The van der Waals surface area contributed by atoms with Gasteiger partial charge in [0.15, 0.2) is 5.96 Å². The van der Waals surface area contributed by atoms with Gasteiger partial charge in [-0.3, -0.25) is 4.98 Å². The van der Waals surface area contributed by atoms with Crippen molar-refractivity contribution in [1.29, 1.82) is 0 Å². The molecule has 0 saturated heterocycles. The minimum absolute atomic E-state index is 0. The van der Waals surface area contributed by atoms with Crippen LogP contribution in [0.5, 0.6) is 0 Å². The highest BCUT2D eigenvalue weighted by molar-refractivity contribution is 14.0. The second kappa shape index (κ2) is 13.3. The van der Waals surface area contributed by atoms with Crippen LogP contribution in [0.1, 0.15) is 38.3 Å². The summed E-state index contributed by atoms with van der Waals surface area (Å²) in [7, 11) is 2.00. The minimum Gasteiger partial charge on any atom is -0.357 e. The van der Waals surface area contributed by atoms with Crippen LogP contribution < -0.4 is 5.32 Å². The molecule has 23 heavy (non-hydrogen) atoms. The summed E-state index contributed by atoms with van der Waals surface area (Å²) in [5, 5.41) is 3.23. The first-order chi connectivity index (χ1) is 10.7. The monoisotopic (exact) mass is 434 g/mol. The molecule has 6 heteroatoms. The molecule has 0 spiro atoms. The Labute approximate surface area is 156 Å². The molecule has 0 radical (unpaired) electrons. The van der Waals surface area contributed by atoms with Crippen LogP contribution in [0.15, 0.2) is 36.0 Å². The molecule has 0 aliphatic rings. The van der Waals surface area contributed by atoms with Gasteiger partial charge in [0.2, 0.25) is 0 Å². The van der Waals surface area contributed by atoms with Crippen molar-refractivity contribution in [3.05, 3.63) is 42.5 Å². The lowest BCUT2D eigenvalue weighted by atomic mass is 10.2. The SMILES string of the molecule is C=CCCCCCN(C)C(=NCc1ncccc1F)NCC.I. The molecule has 4 nitrogen and oxygen atoms in total. The fourth-order valence-corrected chi connectivity index (χ4v) is 2.07. The molecule has 1 aromatic heterocycles. The van der Waals surface area contributed by atoms with Crippen LogP contribution in [0.3, 0.4) is 0 Å². The van der Waals surface area contributed by atoms with Crippen LogP contribution in [0, 0.1) is 5.82 Å². The van der Waals surface area contributed by atoms with E-state index in [1.165, 1.54) is 18.9 Å². The number of guanidine groups is 1. The Morgan fingerprint density at radius 1 is 1.43 bits per heavy atom. The Morgan fingerprint density at radius 3 is 2.87 bits per heavy atom. The molecule has 130 valence electrons. The summed E-state index contributed by atoms with van der Waals surface area (Å²) in [6.45, 7) is 7.70. The Morgan fingerprint density at radius 2 is 2.22 bits per heavy atom. The Balaban J connectivity index is 0.00000484. The van der Waals surface area contributed by atoms with Gasteiger partial charge in [0.25, 0.3) is 0 Å². The van der Waals surface area contributed by atoms with Crippen molar-refractivity contribution in [2.75, 3.05) is 20.1 Å². The van der Waals surface area contributed by atoms with Crippen molar-refractivity contribution >= 4 is 29.9 Å². The molecule has 0 amide bonds. The molecule has 0 unspecified atom stereocenters. The quantitative estimate of drug-likeness (QED) is 0.210. The number of halogens is 2. The molecule has 0 bridgehead atoms. The Bertz CT molecular complexity index is 479. The number of unbranched alkanes of at least 4 members (excludes halogenated alkanes) is 3. The molecule has 1 rings (SSSR count). The number of rotatable bonds is 9. The largest absolute Gasteiger partial charge is 0.357 e. The van der Waals surface area contributed by atoms with Crippen molar-refractivity contribution in [3.8, 4) is 0 Å². The lowest BCUT2D eigenvalue weighted by molar-refractivity contribution is 0.454. The number of allylic oxidation sites excluding steroid dienone is 1. The van der Waals surface area contributed by atoms with E-state index in [2.05, 4.69) is 26.8 Å². The maximum atomic E-state index is 13.6. The summed E-state index contributed by atoms with van der Waals surface area (Å²) >= 11 is 0. The molecule has 0 fully saturated rings. The molecule has 0 aliphatic heterocycles. The summed E-state index contributed by atoms with van der Waals surface area (Å²) in [6, 6.07) is 3.00. The minimum atomic E-state index is -0.311. The van der Waals surface area contributed by atoms with E-state index in [4.69, 9.17) is 0 Å². The lowest BCUT2D eigenvalue weighted by Gasteiger charge is -2.22. The fraction of sp³-hybridized carbons (Fsp3) is 0.529. The van der Waals surface area contributed by atoms with E-state index in [-0.39, 0.29) is 36.3 Å². The highest BCUT2D eigenvalue weighted by Crippen LogP contribution is 2.05. The number of hydrogen-bond acceptors (Lipinski definition) is 2. The first-order valence-electron chi connectivity index (χ1n) is 7.88. The number of nitrogens with zero attached hydrogens (tertiary/aromatic N) is 3. The van der Waals surface area contributed by atoms with Crippen LogP contribution in [0.25, 0.3) is 0 Å². The van der Waals surface area contributed by atoms with Gasteiger partial charge in [0, 0.05) is 26.3 Å². The van der Waals surface area contributed by atoms with Crippen molar-refractivity contribution in [2.24, 2.45) is 4.99 Å². The number of hydrogen-bond donors (Lipinski definition) is 1. The number of pyridine rings is 1. The molecule has 0 atom stereocenters. The molecule has 1 heterocycles. The van der Waals surface area contributed by atoms with Crippen LogP contribution in [-0.4, -0.2) is 36.0 Å². The molecule has 0 aromatic carbocycles. The number of aromatic nitrogens is 1. The van der Waals surface area contributed by atoms with Gasteiger partial charge in [-0.2, -0.15) is 0 Å². The van der Waals surface area contributed by atoms with Crippen LogP contribution >= 0.6 is 24.0 Å². The van der Waals surface area contributed by atoms with E-state index in [0.717, 1.165) is 31.9 Å². The zero-order chi connectivity index (χ0) is 16.2. The lowest BCUT2D eigenvalue weighted by Crippen LogP contribution is -2.39. The third-order valence-corrected chi connectivity index (χ3v) is 3.31. The van der Waals surface area contributed by atoms with Crippen molar-refractivity contribution < 1.29 is 4.39 Å². The topological polar surface area (TPSA) is 40.5 Å². The summed E-state index contributed by atoms with van der Waals surface area (Å²) < 4.78 is 13.6. The predicted octanol–water partition coefficient (Wildman–Crippen LogP) is 3.98. The summed E-state index contributed by atoms with van der Waals surface area (Å²) in [5.74, 6) is 0.477. The molecule has 0 aliphatic carbocycles. The van der Waals surface area contributed by atoms with Gasteiger partial charge in [0.05, 0.1) is 12.2 Å². The van der Waals surface area contributed by atoms with Gasteiger partial charge in [-0.05, 0) is 38.3 Å². The van der Waals surface area contributed by atoms with Crippen LogP contribution in [0.2, 0.25) is 0 Å². The van der Waals surface area contributed by atoms with Crippen molar-refractivity contribution in [3.63, 3.8) is 0 Å². The van der Waals surface area contributed by atoms with E-state index in [0.29, 0.717) is 5.69 Å². The van der Waals surface area contributed by atoms with E-state index in [1.807, 2.05) is 20.0 Å². The molecular weight excluding hydrogens is 406 g/mol. The zero-order valence-electron chi connectivity index (χ0n) is 14.1. The molecule has 0 saturated carbocycles. The van der Waals surface area contributed by atoms with E-state index in [1.54, 1.807) is 12.3 Å². The van der Waals surface area contributed by atoms with Gasteiger partial charge in [-0.1, -0.05) is 12.5 Å². The van der Waals surface area contributed by atoms with Gasteiger partial charge in [-0.15, -0.1) is 30.6 Å². The molecular formula is C17H28FIN4. The smallest absolute Gasteiger partial charge is 0.194 e. The standard InChI is InChI=1S/C17H27FN4.HI/c1-4-6-7-8-9-13-22(3)17(19-5-2)21-14-16-15(18)11-10-12-20-16;/h4,10-12H,1,5-9,13-14H2,2-3H3,(H,19,21);1H. The number of nitrogens with one attached hydrogen (secondary N) is 1. The summed E-state index contributed by atoms with van der Waals surface area (Å²) in [5.41, 5.74) is 0.372. The average Bonchev–Trinajstić information content (AvgIpc) is 2.52. The summed E-state index contributed by atoms with van der Waals surface area (Å²) in [4.78, 5) is 10.6. The first-order valence-corrected chi connectivity index (χ1v) is 7.88. The maximum Gasteiger partial charge on any atom is 0.194 e.